The van der Waals surface area contributed by atoms with Gasteiger partial charge in [-0.3, -0.25) is 0 Å². The van der Waals surface area contributed by atoms with E-state index >= 15 is 0 Å². The minimum Gasteiger partial charge on any atom is -0.393 e. The van der Waals surface area contributed by atoms with Gasteiger partial charge in [0.15, 0.2) is 0 Å². The Morgan fingerprint density at radius 2 is 1.85 bits per heavy atom. The fourth-order valence-electron chi connectivity index (χ4n) is 3.48. The zero-order valence-corrected chi connectivity index (χ0v) is 16.7. The van der Waals surface area contributed by atoms with Crippen molar-refractivity contribution >= 4 is 5.57 Å². The van der Waals surface area contributed by atoms with Gasteiger partial charge in [0.2, 0.25) is 0 Å². The predicted molar refractivity (Wildman–Crippen MR) is 112 cm³/mol. The van der Waals surface area contributed by atoms with Gasteiger partial charge in [0.1, 0.15) is 0 Å². The SMILES string of the molecule is C=C1C(=CC=C(CCCCCC(C)(C)O)c2ccccc2)CC(O)CC1O. The van der Waals surface area contributed by atoms with E-state index in [2.05, 4.69) is 24.8 Å². The van der Waals surface area contributed by atoms with Crippen LogP contribution >= 0.6 is 0 Å². The Labute approximate surface area is 163 Å². The standard InChI is InChI=1S/C24H34O3/c1-18-21(16-22(25)17-23(18)26)14-13-20(19-10-6-4-7-11-19)12-8-5-9-15-24(2,3)27/h4,6-7,10-11,13-14,22-23,25-27H,1,5,8-9,12,15-17H2,2-3H3. The van der Waals surface area contributed by atoms with Gasteiger partial charge in [-0.2, -0.15) is 0 Å². The van der Waals surface area contributed by atoms with E-state index in [1.807, 2.05) is 38.1 Å². The molecule has 1 aromatic rings. The third kappa shape index (κ3) is 7.45. The van der Waals surface area contributed by atoms with Crippen molar-refractivity contribution in [2.75, 3.05) is 0 Å². The molecular formula is C24H34O3. The number of aliphatic hydroxyl groups excluding tert-OH is 2. The number of hydrogen-bond acceptors (Lipinski definition) is 3. The summed E-state index contributed by atoms with van der Waals surface area (Å²) >= 11 is 0. The highest BCUT2D eigenvalue weighted by Gasteiger charge is 2.24. The first-order chi connectivity index (χ1) is 12.8. The summed E-state index contributed by atoms with van der Waals surface area (Å²) in [6.07, 6.45) is 8.79. The lowest BCUT2D eigenvalue weighted by Crippen LogP contribution is -2.26. The Balaban J connectivity index is 2.07. The summed E-state index contributed by atoms with van der Waals surface area (Å²) in [4.78, 5) is 0. The molecule has 1 aromatic carbocycles. The molecule has 3 nitrogen and oxygen atoms in total. The van der Waals surface area contributed by atoms with E-state index in [4.69, 9.17) is 0 Å². The van der Waals surface area contributed by atoms with E-state index < -0.39 is 17.8 Å². The van der Waals surface area contributed by atoms with Crippen LogP contribution in [0.15, 0.2) is 60.2 Å². The van der Waals surface area contributed by atoms with E-state index in [0.717, 1.165) is 37.7 Å². The topological polar surface area (TPSA) is 60.7 Å². The summed E-state index contributed by atoms with van der Waals surface area (Å²) in [6, 6.07) is 10.3. The van der Waals surface area contributed by atoms with Gasteiger partial charge in [0, 0.05) is 6.42 Å². The van der Waals surface area contributed by atoms with Crippen molar-refractivity contribution in [3.8, 4) is 0 Å². The average molecular weight is 371 g/mol. The van der Waals surface area contributed by atoms with Crippen molar-refractivity contribution in [1.29, 1.82) is 0 Å². The third-order valence-corrected chi connectivity index (χ3v) is 5.13. The molecule has 2 rings (SSSR count). The highest BCUT2D eigenvalue weighted by atomic mass is 16.3. The molecule has 0 aliphatic heterocycles. The van der Waals surface area contributed by atoms with Crippen molar-refractivity contribution in [3.63, 3.8) is 0 Å². The molecule has 1 aliphatic carbocycles. The van der Waals surface area contributed by atoms with Gasteiger partial charge in [0.05, 0.1) is 17.8 Å². The number of aliphatic hydroxyl groups is 3. The second kappa shape index (κ2) is 10.0. The molecule has 148 valence electrons. The molecule has 0 bridgehead atoms. The fourth-order valence-corrected chi connectivity index (χ4v) is 3.48. The van der Waals surface area contributed by atoms with Crippen molar-refractivity contribution in [1.82, 2.24) is 0 Å². The molecule has 0 radical (unpaired) electrons. The van der Waals surface area contributed by atoms with Crippen molar-refractivity contribution in [3.05, 3.63) is 65.8 Å². The zero-order valence-electron chi connectivity index (χ0n) is 16.7. The van der Waals surface area contributed by atoms with Gasteiger partial charge in [-0.05, 0) is 61.8 Å². The summed E-state index contributed by atoms with van der Waals surface area (Å²) in [6.45, 7) is 7.70. The predicted octanol–water partition coefficient (Wildman–Crippen LogP) is 4.79. The van der Waals surface area contributed by atoms with Crippen LogP contribution in [0.5, 0.6) is 0 Å². The monoisotopic (exact) mass is 370 g/mol. The molecule has 27 heavy (non-hydrogen) atoms. The molecule has 2 atom stereocenters. The number of benzene rings is 1. The Bertz CT molecular complexity index is 665. The first-order valence-corrected chi connectivity index (χ1v) is 9.99. The quantitative estimate of drug-likeness (QED) is 0.577. The lowest BCUT2D eigenvalue weighted by atomic mass is 9.85. The van der Waals surface area contributed by atoms with E-state index in [9.17, 15) is 15.3 Å². The van der Waals surface area contributed by atoms with Crippen molar-refractivity contribution in [2.24, 2.45) is 0 Å². The molecule has 1 saturated carbocycles. The number of unbranched alkanes of at least 4 members (excludes halogenated alkanes) is 2. The van der Waals surface area contributed by atoms with E-state index in [1.54, 1.807) is 0 Å². The van der Waals surface area contributed by atoms with Crippen molar-refractivity contribution in [2.45, 2.75) is 76.6 Å². The first-order valence-electron chi connectivity index (χ1n) is 9.99. The van der Waals surface area contributed by atoms with Gasteiger partial charge in [-0.1, -0.05) is 61.9 Å². The maximum atomic E-state index is 10.0. The molecule has 0 spiro atoms. The minimum atomic E-state index is -0.657. The zero-order chi connectivity index (χ0) is 19.9. The van der Waals surface area contributed by atoms with Crippen LogP contribution in [-0.2, 0) is 0 Å². The van der Waals surface area contributed by atoms with Crippen LogP contribution in [0, 0.1) is 0 Å². The Morgan fingerprint density at radius 3 is 2.52 bits per heavy atom. The van der Waals surface area contributed by atoms with Crippen LogP contribution in [-0.4, -0.2) is 33.1 Å². The van der Waals surface area contributed by atoms with Crippen LogP contribution in [0.25, 0.3) is 5.57 Å². The molecular weight excluding hydrogens is 336 g/mol. The summed E-state index contributed by atoms with van der Waals surface area (Å²) in [5, 5.41) is 29.8. The van der Waals surface area contributed by atoms with Gasteiger partial charge >= 0.3 is 0 Å². The molecule has 1 fully saturated rings. The lowest BCUT2D eigenvalue weighted by molar-refractivity contribution is 0.0681. The Hall–Kier alpha value is -1.68. The molecule has 0 heterocycles. The van der Waals surface area contributed by atoms with Gasteiger partial charge in [-0.15, -0.1) is 0 Å². The molecule has 3 heteroatoms. The second-order valence-corrected chi connectivity index (χ2v) is 8.26. The van der Waals surface area contributed by atoms with Gasteiger partial charge in [0.25, 0.3) is 0 Å². The Kier molecular flexibility index (Phi) is 8.03. The fraction of sp³-hybridized carbons (Fsp3) is 0.500. The number of allylic oxidation sites excluding steroid dienone is 3. The smallest absolute Gasteiger partial charge is 0.0811 e. The van der Waals surface area contributed by atoms with Crippen LogP contribution in [0.2, 0.25) is 0 Å². The normalized spacial score (nSPS) is 23.1. The summed E-state index contributed by atoms with van der Waals surface area (Å²) in [7, 11) is 0. The van der Waals surface area contributed by atoms with Crippen LogP contribution in [0.3, 0.4) is 0 Å². The molecule has 0 saturated heterocycles. The Morgan fingerprint density at radius 1 is 1.15 bits per heavy atom. The molecule has 2 unspecified atom stereocenters. The number of rotatable bonds is 8. The maximum Gasteiger partial charge on any atom is 0.0811 e. The van der Waals surface area contributed by atoms with Crippen LogP contribution in [0.1, 0.15) is 64.4 Å². The summed E-state index contributed by atoms with van der Waals surface area (Å²) < 4.78 is 0. The molecule has 0 aromatic heterocycles. The number of hydrogen-bond donors (Lipinski definition) is 3. The largest absolute Gasteiger partial charge is 0.393 e. The minimum absolute atomic E-state index is 0.368. The first kappa shape index (κ1) is 21.6. The van der Waals surface area contributed by atoms with Crippen LogP contribution < -0.4 is 0 Å². The molecule has 1 aliphatic rings. The molecule has 0 amide bonds. The second-order valence-electron chi connectivity index (χ2n) is 8.26. The summed E-state index contributed by atoms with van der Waals surface area (Å²) in [5.41, 5.74) is 3.49. The van der Waals surface area contributed by atoms with E-state index in [1.165, 1.54) is 11.1 Å². The highest BCUT2D eigenvalue weighted by molar-refractivity contribution is 5.67. The highest BCUT2D eigenvalue weighted by Crippen LogP contribution is 2.29. The summed E-state index contributed by atoms with van der Waals surface area (Å²) in [5.74, 6) is 0. The van der Waals surface area contributed by atoms with Gasteiger partial charge in [-0.25, -0.2) is 0 Å². The van der Waals surface area contributed by atoms with Crippen LogP contribution in [0.4, 0.5) is 0 Å². The van der Waals surface area contributed by atoms with Crippen molar-refractivity contribution < 1.29 is 15.3 Å². The molecule has 3 N–H and O–H groups in total. The van der Waals surface area contributed by atoms with Gasteiger partial charge < -0.3 is 15.3 Å². The average Bonchev–Trinajstić information content (AvgIpc) is 2.61. The van der Waals surface area contributed by atoms with E-state index in [-0.39, 0.29) is 0 Å². The third-order valence-electron chi connectivity index (χ3n) is 5.13. The maximum absolute atomic E-state index is 10.0. The lowest BCUT2D eigenvalue weighted by Gasteiger charge is -2.26. The van der Waals surface area contributed by atoms with E-state index in [0.29, 0.717) is 18.4 Å².